The smallest absolute Gasteiger partial charge is 0.254 e. The maximum atomic E-state index is 12.8. The molecule has 1 aliphatic rings. The molecule has 25 heavy (non-hydrogen) atoms. The fourth-order valence-electron chi connectivity index (χ4n) is 3.09. The summed E-state index contributed by atoms with van der Waals surface area (Å²) < 4.78 is 0. The zero-order valence-electron chi connectivity index (χ0n) is 15.3. The molecular weight excluding hydrogens is 310 g/mol. The van der Waals surface area contributed by atoms with E-state index in [9.17, 15) is 4.79 Å². The maximum absolute atomic E-state index is 12.8. The summed E-state index contributed by atoms with van der Waals surface area (Å²) in [5.74, 6) is 0.859. The first-order chi connectivity index (χ1) is 12.0. The first kappa shape index (κ1) is 17.3. The highest BCUT2D eigenvalue weighted by molar-refractivity contribution is 5.95. The van der Waals surface area contributed by atoms with Gasteiger partial charge in [-0.15, -0.1) is 0 Å². The molecule has 1 atom stereocenters. The molecule has 2 heterocycles. The number of carbonyl (C=O) groups excluding carboxylic acids is 1. The molecule has 1 aliphatic heterocycles. The third-order valence-electron chi connectivity index (χ3n) is 4.64. The number of carbonyl (C=O) groups is 1. The molecule has 1 amide bonds. The van der Waals surface area contributed by atoms with Crippen LogP contribution < -0.4 is 0 Å². The lowest BCUT2D eigenvalue weighted by Crippen LogP contribution is -2.38. The Kier molecular flexibility index (Phi) is 4.98. The lowest BCUT2D eigenvalue weighted by molar-refractivity contribution is 0.0720. The van der Waals surface area contributed by atoms with Gasteiger partial charge in [-0.2, -0.15) is 10.2 Å². The van der Waals surface area contributed by atoms with Crippen LogP contribution >= 0.6 is 0 Å². The van der Waals surface area contributed by atoms with Crippen molar-refractivity contribution >= 4 is 5.91 Å². The fourth-order valence-corrected chi connectivity index (χ4v) is 3.09. The van der Waals surface area contributed by atoms with Crippen molar-refractivity contribution in [1.29, 1.82) is 0 Å². The summed E-state index contributed by atoms with van der Waals surface area (Å²) in [6.45, 7) is 9.17. The van der Waals surface area contributed by atoms with Gasteiger partial charge in [0.1, 0.15) is 0 Å². The number of hydrogen-bond acceptors (Lipinski definition) is 3. The number of rotatable bonds is 4. The van der Waals surface area contributed by atoms with Crippen molar-refractivity contribution in [2.45, 2.75) is 39.7 Å². The van der Waals surface area contributed by atoms with Gasteiger partial charge in [0.05, 0.1) is 17.4 Å². The fraction of sp³-hybridized carbons (Fsp3) is 0.381. The van der Waals surface area contributed by atoms with Crippen molar-refractivity contribution in [3.8, 4) is 11.3 Å². The van der Waals surface area contributed by atoms with Crippen LogP contribution in [-0.2, 0) is 0 Å². The molecule has 0 radical (unpaired) electrons. The van der Waals surface area contributed by atoms with Crippen LogP contribution in [0.15, 0.2) is 48.6 Å². The Morgan fingerprint density at radius 3 is 2.32 bits per heavy atom. The molecule has 1 aromatic heterocycles. The topological polar surface area (TPSA) is 46.1 Å². The molecule has 3 rings (SSSR count). The minimum Gasteiger partial charge on any atom is -0.328 e. The summed E-state index contributed by atoms with van der Waals surface area (Å²) in [5, 5.41) is 8.57. The van der Waals surface area contributed by atoms with E-state index in [1.807, 2.05) is 41.3 Å². The molecule has 0 spiro atoms. The summed E-state index contributed by atoms with van der Waals surface area (Å²) in [6.07, 6.45) is 4.20. The highest BCUT2D eigenvalue weighted by Crippen LogP contribution is 2.23. The van der Waals surface area contributed by atoms with Crippen LogP contribution in [0.1, 0.15) is 49.7 Å². The van der Waals surface area contributed by atoms with E-state index in [1.165, 1.54) is 0 Å². The number of nitrogens with zero attached hydrogens (tertiary/aromatic N) is 3. The summed E-state index contributed by atoms with van der Waals surface area (Å²) in [7, 11) is 0. The first-order valence-corrected chi connectivity index (χ1v) is 8.89. The number of amides is 1. The lowest BCUT2D eigenvalue weighted by Gasteiger charge is -2.27. The van der Waals surface area contributed by atoms with Crippen molar-refractivity contribution in [1.82, 2.24) is 15.1 Å². The molecule has 0 saturated carbocycles. The predicted octanol–water partition coefficient (Wildman–Crippen LogP) is 4.30. The molecule has 0 fully saturated rings. The SMILES string of the molecule is CC(C)c1ccc(-c2ccc(C(=O)N3CC=CC3C(C)C)cc2)nn1. The van der Waals surface area contributed by atoms with E-state index in [0.717, 1.165) is 17.0 Å². The van der Waals surface area contributed by atoms with Crippen molar-refractivity contribution in [2.75, 3.05) is 6.54 Å². The van der Waals surface area contributed by atoms with Crippen molar-refractivity contribution in [3.63, 3.8) is 0 Å². The average Bonchev–Trinajstić information content (AvgIpc) is 3.11. The van der Waals surface area contributed by atoms with Gasteiger partial charge >= 0.3 is 0 Å². The normalized spacial score (nSPS) is 16.9. The molecule has 4 nitrogen and oxygen atoms in total. The monoisotopic (exact) mass is 335 g/mol. The number of aromatic nitrogens is 2. The average molecular weight is 335 g/mol. The van der Waals surface area contributed by atoms with E-state index < -0.39 is 0 Å². The summed E-state index contributed by atoms with van der Waals surface area (Å²) in [6, 6.07) is 11.8. The van der Waals surface area contributed by atoms with Crippen LogP contribution in [0.3, 0.4) is 0 Å². The van der Waals surface area contributed by atoms with Gasteiger partial charge in [-0.3, -0.25) is 4.79 Å². The maximum Gasteiger partial charge on any atom is 0.254 e. The van der Waals surface area contributed by atoms with Gasteiger partial charge < -0.3 is 4.90 Å². The second-order valence-corrected chi connectivity index (χ2v) is 7.20. The second-order valence-electron chi connectivity index (χ2n) is 7.20. The van der Waals surface area contributed by atoms with E-state index in [0.29, 0.717) is 23.9 Å². The summed E-state index contributed by atoms with van der Waals surface area (Å²) in [5.41, 5.74) is 3.49. The van der Waals surface area contributed by atoms with Crippen LogP contribution in [0.4, 0.5) is 0 Å². The minimum atomic E-state index is 0.0801. The van der Waals surface area contributed by atoms with Crippen LogP contribution in [-0.4, -0.2) is 33.6 Å². The van der Waals surface area contributed by atoms with Crippen molar-refractivity contribution in [3.05, 3.63) is 59.8 Å². The third kappa shape index (κ3) is 3.63. The lowest BCUT2D eigenvalue weighted by atomic mass is 10.0. The Labute approximate surface area is 149 Å². The van der Waals surface area contributed by atoms with E-state index >= 15 is 0 Å². The minimum absolute atomic E-state index is 0.0801. The molecule has 4 heteroatoms. The zero-order chi connectivity index (χ0) is 18.0. The predicted molar refractivity (Wildman–Crippen MR) is 100 cm³/mol. The largest absolute Gasteiger partial charge is 0.328 e. The van der Waals surface area contributed by atoms with Gasteiger partial charge in [-0.05, 0) is 36.1 Å². The van der Waals surface area contributed by atoms with Crippen LogP contribution in [0, 0.1) is 5.92 Å². The molecule has 0 aliphatic carbocycles. The van der Waals surface area contributed by atoms with Crippen molar-refractivity contribution in [2.24, 2.45) is 5.92 Å². The molecule has 0 saturated heterocycles. The molecule has 1 aromatic carbocycles. The van der Waals surface area contributed by atoms with E-state index in [-0.39, 0.29) is 11.9 Å². The second kappa shape index (κ2) is 7.18. The Morgan fingerprint density at radius 1 is 1.04 bits per heavy atom. The van der Waals surface area contributed by atoms with Gasteiger partial charge in [-0.25, -0.2) is 0 Å². The van der Waals surface area contributed by atoms with E-state index in [1.54, 1.807) is 0 Å². The van der Waals surface area contributed by atoms with E-state index in [4.69, 9.17) is 0 Å². The van der Waals surface area contributed by atoms with Crippen molar-refractivity contribution < 1.29 is 4.79 Å². The van der Waals surface area contributed by atoms with Gasteiger partial charge in [0.25, 0.3) is 5.91 Å². The van der Waals surface area contributed by atoms with Crippen LogP contribution in [0.2, 0.25) is 0 Å². The molecule has 2 aromatic rings. The quantitative estimate of drug-likeness (QED) is 0.783. The van der Waals surface area contributed by atoms with Gasteiger partial charge in [0.2, 0.25) is 0 Å². The Balaban J connectivity index is 1.77. The molecular formula is C21H25N3O. The Hall–Kier alpha value is -2.49. The van der Waals surface area contributed by atoms with Crippen LogP contribution in [0.5, 0.6) is 0 Å². The summed E-state index contributed by atoms with van der Waals surface area (Å²) >= 11 is 0. The van der Waals surface area contributed by atoms with Gasteiger partial charge in [0, 0.05) is 17.7 Å². The molecule has 0 bridgehead atoms. The van der Waals surface area contributed by atoms with E-state index in [2.05, 4.69) is 50.0 Å². The van der Waals surface area contributed by atoms with Gasteiger partial charge in [-0.1, -0.05) is 52.0 Å². The highest BCUT2D eigenvalue weighted by atomic mass is 16.2. The molecule has 1 unspecified atom stereocenters. The zero-order valence-corrected chi connectivity index (χ0v) is 15.3. The highest BCUT2D eigenvalue weighted by Gasteiger charge is 2.27. The van der Waals surface area contributed by atoms with Crippen LogP contribution in [0.25, 0.3) is 11.3 Å². The Morgan fingerprint density at radius 2 is 1.76 bits per heavy atom. The first-order valence-electron chi connectivity index (χ1n) is 8.89. The number of benzene rings is 1. The Bertz CT molecular complexity index is 761. The number of hydrogen-bond donors (Lipinski definition) is 0. The van der Waals surface area contributed by atoms with Gasteiger partial charge in [0.15, 0.2) is 0 Å². The third-order valence-corrected chi connectivity index (χ3v) is 4.64. The molecule has 0 N–H and O–H groups in total. The molecule has 130 valence electrons. The summed E-state index contributed by atoms with van der Waals surface area (Å²) in [4.78, 5) is 14.7. The standard InChI is InChI=1S/C21H25N3O/c1-14(2)18-11-12-19(23-22-18)16-7-9-17(10-8-16)21(25)24-13-5-6-20(24)15(3)4/h5-12,14-15,20H,13H2,1-4H3.